The van der Waals surface area contributed by atoms with E-state index in [1.54, 1.807) is 0 Å². The maximum atomic E-state index is 3.84. The van der Waals surface area contributed by atoms with Crippen molar-refractivity contribution in [3.8, 4) is 0 Å². The van der Waals surface area contributed by atoms with Crippen LogP contribution in [0.1, 0.15) is 30.5 Å². The standard InChI is InChI=1S/C9H11.C2H6.K/c1-7-4-8(2)6-9(3)5-7;1-2;/h4-6H,1H2,2-3H3;1-2H3;/q-1;;+1. The van der Waals surface area contributed by atoms with Crippen LogP contribution in [0.3, 0.4) is 0 Å². The molecular formula is C11H17K. The van der Waals surface area contributed by atoms with Crippen molar-refractivity contribution in [3.63, 3.8) is 0 Å². The molecule has 0 spiro atoms. The van der Waals surface area contributed by atoms with E-state index in [0.717, 1.165) is 5.56 Å². The number of hydrogen-bond acceptors (Lipinski definition) is 0. The second-order valence-corrected chi connectivity index (χ2v) is 2.50. The fourth-order valence-corrected chi connectivity index (χ4v) is 1.07. The molecule has 0 unspecified atom stereocenters. The van der Waals surface area contributed by atoms with Crippen LogP contribution in [0.5, 0.6) is 0 Å². The molecule has 0 amide bonds. The topological polar surface area (TPSA) is 0 Å². The van der Waals surface area contributed by atoms with Crippen LogP contribution in [0.4, 0.5) is 0 Å². The van der Waals surface area contributed by atoms with E-state index in [0.29, 0.717) is 0 Å². The van der Waals surface area contributed by atoms with Gasteiger partial charge in [0.1, 0.15) is 0 Å². The molecule has 1 aromatic carbocycles. The van der Waals surface area contributed by atoms with E-state index in [1.807, 2.05) is 13.8 Å². The predicted molar refractivity (Wildman–Crippen MR) is 51.7 cm³/mol. The summed E-state index contributed by atoms with van der Waals surface area (Å²) < 4.78 is 0. The van der Waals surface area contributed by atoms with Gasteiger partial charge < -0.3 is 0 Å². The molecule has 62 valence electrons. The average molecular weight is 188 g/mol. The molecule has 0 nitrogen and oxygen atoms in total. The molecule has 0 saturated carbocycles. The van der Waals surface area contributed by atoms with Crippen LogP contribution in [0.15, 0.2) is 18.2 Å². The quantitative estimate of drug-likeness (QED) is 0.411. The van der Waals surface area contributed by atoms with Gasteiger partial charge in [-0.15, -0.1) is 11.1 Å². The summed E-state index contributed by atoms with van der Waals surface area (Å²) in [5.74, 6) is 0. The van der Waals surface area contributed by atoms with Gasteiger partial charge in [0.2, 0.25) is 0 Å². The summed E-state index contributed by atoms with van der Waals surface area (Å²) in [7, 11) is 0. The van der Waals surface area contributed by atoms with E-state index in [2.05, 4.69) is 39.0 Å². The number of benzene rings is 1. The Bertz CT molecular complexity index is 166. The van der Waals surface area contributed by atoms with Gasteiger partial charge in [-0.25, -0.2) is 0 Å². The van der Waals surface area contributed by atoms with Crippen LogP contribution in [-0.4, -0.2) is 0 Å². The fraction of sp³-hybridized carbons (Fsp3) is 0.364. The molecule has 0 radical (unpaired) electrons. The summed E-state index contributed by atoms with van der Waals surface area (Å²) >= 11 is 0. The van der Waals surface area contributed by atoms with Gasteiger partial charge in [0.05, 0.1) is 0 Å². The van der Waals surface area contributed by atoms with Crippen LogP contribution in [-0.2, 0) is 0 Å². The van der Waals surface area contributed by atoms with Crippen molar-refractivity contribution in [2.75, 3.05) is 0 Å². The van der Waals surface area contributed by atoms with Crippen LogP contribution in [0, 0.1) is 20.8 Å². The first kappa shape index (κ1) is 15.2. The Labute approximate surface area is 119 Å². The minimum Gasteiger partial charge on any atom is -0.199 e. The van der Waals surface area contributed by atoms with E-state index in [-0.39, 0.29) is 51.4 Å². The van der Waals surface area contributed by atoms with Crippen molar-refractivity contribution < 1.29 is 51.4 Å². The largest absolute Gasteiger partial charge is 1.00 e. The van der Waals surface area contributed by atoms with Gasteiger partial charge in [-0.05, 0) is 0 Å². The van der Waals surface area contributed by atoms with Gasteiger partial charge >= 0.3 is 51.4 Å². The fourth-order valence-electron chi connectivity index (χ4n) is 1.07. The summed E-state index contributed by atoms with van der Waals surface area (Å²) in [6.45, 7) is 12.0. The summed E-state index contributed by atoms with van der Waals surface area (Å²) in [5.41, 5.74) is 3.69. The number of rotatable bonds is 0. The Balaban J connectivity index is 0. The Kier molecular flexibility index (Phi) is 10.6. The van der Waals surface area contributed by atoms with Crippen molar-refractivity contribution in [2.24, 2.45) is 0 Å². The molecular weight excluding hydrogens is 171 g/mol. The molecule has 0 saturated heterocycles. The molecule has 1 aromatic rings. The van der Waals surface area contributed by atoms with Gasteiger partial charge in [0, 0.05) is 0 Å². The first-order valence-corrected chi connectivity index (χ1v) is 4.09. The summed E-state index contributed by atoms with van der Waals surface area (Å²) in [6, 6.07) is 6.30. The zero-order valence-corrected chi connectivity index (χ0v) is 12.1. The smallest absolute Gasteiger partial charge is 0.199 e. The molecule has 0 aromatic heterocycles. The van der Waals surface area contributed by atoms with Crippen molar-refractivity contribution in [1.82, 2.24) is 0 Å². The van der Waals surface area contributed by atoms with Gasteiger partial charge in [-0.3, -0.25) is 0 Å². The van der Waals surface area contributed by atoms with Gasteiger partial charge in [0.25, 0.3) is 0 Å². The molecule has 12 heavy (non-hydrogen) atoms. The minimum absolute atomic E-state index is 0. The molecule has 0 atom stereocenters. The number of hydrogen-bond donors (Lipinski definition) is 0. The van der Waals surface area contributed by atoms with Crippen molar-refractivity contribution >= 4 is 0 Å². The monoisotopic (exact) mass is 188 g/mol. The van der Waals surface area contributed by atoms with Crippen molar-refractivity contribution in [3.05, 3.63) is 41.8 Å². The minimum atomic E-state index is 0. The third kappa shape index (κ3) is 6.27. The molecule has 0 bridgehead atoms. The van der Waals surface area contributed by atoms with Crippen LogP contribution < -0.4 is 51.4 Å². The van der Waals surface area contributed by atoms with E-state index < -0.39 is 0 Å². The second-order valence-electron chi connectivity index (χ2n) is 2.50. The Hall–Kier alpha value is 0.726. The second kappa shape index (κ2) is 8.33. The van der Waals surface area contributed by atoms with Crippen LogP contribution >= 0.6 is 0 Å². The molecule has 0 fully saturated rings. The summed E-state index contributed by atoms with van der Waals surface area (Å²) in [6.07, 6.45) is 0. The molecule has 0 aliphatic heterocycles. The molecule has 0 aliphatic rings. The van der Waals surface area contributed by atoms with Crippen molar-refractivity contribution in [2.45, 2.75) is 27.7 Å². The normalized spacial score (nSPS) is 7.67. The first-order chi connectivity index (χ1) is 5.18. The average Bonchev–Trinajstić information content (AvgIpc) is 1.88. The molecule has 1 heteroatoms. The van der Waals surface area contributed by atoms with Crippen LogP contribution in [0.2, 0.25) is 0 Å². The molecule has 1 rings (SSSR count). The van der Waals surface area contributed by atoms with E-state index in [1.165, 1.54) is 11.1 Å². The van der Waals surface area contributed by atoms with Gasteiger partial charge in [0.15, 0.2) is 0 Å². The van der Waals surface area contributed by atoms with Gasteiger partial charge in [-0.2, -0.15) is 24.6 Å². The molecule has 0 aliphatic carbocycles. The zero-order valence-electron chi connectivity index (χ0n) is 8.94. The molecule has 0 heterocycles. The van der Waals surface area contributed by atoms with Gasteiger partial charge in [-0.1, -0.05) is 33.8 Å². The number of aryl methyl sites for hydroxylation is 2. The summed E-state index contributed by atoms with van der Waals surface area (Å²) in [5, 5.41) is 0. The van der Waals surface area contributed by atoms with E-state index in [9.17, 15) is 0 Å². The first-order valence-electron chi connectivity index (χ1n) is 4.09. The predicted octanol–water partition coefficient (Wildman–Crippen LogP) is 0.516. The SMILES string of the molecule is CC.[CH2-]c1cc(C)cc(C)c1.[K+]. The van der Waals surface area contributed by atoms with E-state index >= 15 is 0 Å². The maximum absolute atomic E-state index is 3.84. The molecule has 0 N–H and O–H groups in total. The zero-order chi connectivity index (χ0) is 8.85. The third-order valence-corrected chi connectivity index (χ3v) is 1.28. The third-order valence-electron chi connectivity index (χ3n) is 1.28. The van der Waals surface area contributed by atoms with Crippen molar-refractivity contribution in [1.29, 1.82) is 0 Å². The van der Waals surface area contributed by atoms with E-state index in [4.69, 9.17) is 0 Å². The Morgan fingerprint density at radius 2 is 1.25 bits per heavy atom. The van der Waals surface area contributed by atoms with Crippen LogP contribution in [0.25, 0.3) is 0 Å². The Morgan fingerprint density at radius 1 is 0.917 bits per heavy atom. The maximum Gasteiger partial charge on any atom is 1.00 e. The Morgan fingerprint density at radius 3 is 1.50 bits per heavy atom. The summed E-state index contributed by atoms with van der Waals surface area (Å²) in [4.78, 5) is 0.